The maximum atomic E-state index is 12.3. The average Bonchev–Trinajstić information content (AvgIpc) is 2.55. The minimum Gasteiger partial charge on any atom is -0.377 e. The van der Waals surface area contributed by atoms with Crippen molar-refractivity contribution in [1.29, 1.82) is 0 Å². The molecule has 4 atom stereocenters. The highest BCUT2D eigenvalue weighted by Gasteiger charge is 2.50. The molecule has 0 N–H and O–H groups in total. The number of hydrogen-bond donors (Lipinski definition) is 0. The summed E-state index contributed by atoms with van der Waals surface area (Å²) in [6.07, 6.45) is 10.8. The van der Waals surface area contributed by atoms with Crippen molar-refractivity contribution in [2.24, 2.45) is 22.7 Å². The van der Waals surface area contributed by atoms with Gasteiger partial charge in [-0.15, -0.1) is 0 Å². The summed E-state index contributed by atoms with van der Waals surface area (Å²) in [5.74, 6) is 1.59. The first kappa shape index (κ1) is 18.6. The van der Waals surface area contributed by atoms with E-state index in [0.717, 1.165) is 32.1 Å². The predicted molar refractivity (Wildman–Crippen MR) is 99.2 cm³/mol. The molecular formula is C22H32O3. The second-order valence-corrected chi connectivity index (χ2v) is 8.79. The van der Waals surface area contributed by atoms with Crippen molar-refractivity contribution in [2.45, 2.75) is 65.7 Å². The lowest BCUT2D eigenvalue weighted by Crippen LogP contribution is -2.45. The Bertz CT molecular complexity index is 629. The zero-order chi connectivity index (χ0) is 18.2. The molecule has 0 unspecified atom stereocenters. The molecule has 3 rings (SSSR count). The number of ketones is 2. The summed E-state index contributed by atoms with van der Waals surface area (Å²) in [6, 6.07) is 0. The van der Waals surface area contributed by atoms with Crippen LogP contribution < -0.4 is 0 Å². The molecule has 3 aliphatic carbocycles. The standard InChI is InChI=1S/C22H32O3/c1-5-19-18-7-6-15-12-16(23)8-11-22(15,3)20(18)9-10-21(19,2)13-17(24)14-25-4/h9,12,18-19H,5-8,10-11,13-14H2,1-4H3/t18-,19-,21+,22-/m0/s1. The Morgan fingerprint density at radius 3 is 2.76 bits per heavy atom. The second-order valence-electron chi connectivity index (χ2n) is 8.79. The minimum absolute atomic E-state index is 0.0284. The first-order valence-electron chi connectivity index (χ1n) is 9.79. The highest BCUT2D eigenvalue weighted by Crippen LogP contribution is 2.60. The van der Waals surface area contributed by atoms with Gasteiger partial charge in [0.05, 0.1) is 0 Å². The van der Waals surface area contributed by atoms with E-state index < -0.39 is 0 Å². The van der Waals surface area contributed by atoms with Gasteiger partial charge in [0.15, 0.2) is 11.6 Å². The van der Waals surface area contributed by atoms with Gasteiger partial charge in [0.1, 0.15) is 6.61 Å². The van der Waals surface area contributed by atoms with Gasteiger partial charge in [0.25, 0.3) is 0 Å². The fraction of sp³-hybridized carbons (Fsp3) is 0.727. The Hall–Kier alpha value is -1.22. The minimum atomic E-state index is 0.0284. The van der Waals surface area contributed by atoms with Crippen LogP contribution in [0.25, 0.3) is 0 Å². The molecule has 0 aliphatic heterocycles. The van der Waals surface area contributed by atoms with E-state index in [1.165, 1.54) is 5.57 Å². The third-order valence-electron chi connectivity index (χ3n) is 7.19. The lowest BCUT2D eigenvalue weighted by molar-refractivity contribution is -0.126. The lowest BCUT2D eigenvalue weighted by Gasteiger charge is -2.54. The van der Waals surface area contributed by atoms with Crippen molar-refractivity contribution < 1.29 is 14.3 Å². The fourth-order valence-electron chi connectivity index (χ4n) is 5.93. The van der Waals surface area contributed by atoms with Crippen LogP contribution in [0.15, 0.2) is 23.3 Å². The van der Waals surface area contributed by atoms with Crippen LogP contribution >= 0.6 is 0 Å². The van der Waals surface area contributed by atoms with Gasteiger partial charge < -0.3 is 4.74 Å². The molecule has 0 saturated heterocycles. The smallest absolute Gasteiger partial charge is 0.159 e. The van der Waals surface area contributed by atoms with Crippen molar-refractivity contribution in [3.63, 3.8) is 0 Å². The number of allylic oxidation sites excluding steroid dienone is 4. The highest BCUT2D eigenvalue weighted by atomic mass is 16.5. The van der Waals surface area contributed by atoms with Crippen LogP contribution in [0.5, 0.6) is 0 Å². The van der Waals surface area contributed by atoms with Crippen molar-refractivity contribution >= 4 is 11.6 Å². The van der Waals surface area contributed by atoms with Crippen molar-refractivity contribution in [1.82, 2.24) is 0 Å². The van der Waals surface area contributed by atoms with Crippen LogP contribution in [0, 0.1) is 22.7 Å². The summed E-state index contributed by atoms with van der Waals surface area (Å²) in [7, 11) is 1.59. The molecule has 3 aliphatic rings. The average molecular weight is 344 g/mol. The number of carbonyl (C=O) groups excluding carboxylic acids is 2. The first-order chi connectivity index (χ1) is 11.8. The molecule has 25 heavy (non-hydrogen) atoms. The van der Waals surface area contributed by atoms with Gasteiger partial charge in [-0.1, -0.05) is 44.4 Å². The van der Waals surface area contributed by atoms with Crippen molar-refractivity contribution in [3.05, 3.63) is 23.3 Å². The highest BCUT2D eigenvalue weighted by molar-refractivity contribution is 5.92. The van der Waals surface area contributed by atoms with Crippen molar-refractivity contribution in [3.8, 4) is 0 Å². The first-order valence-corrected chi connectivity index (χ1v) is 9.79. The van der Waals surface area contributed by atoms with Gasteiger partial charge in [-0.3, -0.25) is 9.59 Å². The number of hydrogen-bond acceptors (Lipinski definition) is 3. The molecule has 0 amide bonds. The number of rotatable bonds is 5. The van der Waals surface area contributed by atoms with Crippen LogP contribution in [0.2, 0.25) is 0 Å². The summed E-state index contributed by atoms with van der Waals surface area (Å²) >= 11 is 0. The molecule has 1 fully saturated rings. The predicted octanol–water partition coefficient (Wildman–Crippen LogP) is 4.66. The molecule has 3 nitrogen and oxygen atoms in total. The molecule has 0 radical (unpaired) electrons. The van der Waals surface area contributed by atoms with E-state index in [1.807, 2.05) is 6.08 Å². The lowest BCUT2D eigenvalue weighted by atomic mass is 9.50. The molecule has 0 aromatic carbocycles. The van der Waals surface area contributed by atoms with Crippen molar-refractivity contribution in [2.75, 3.05) is 13.7 Å². The largest absolute Gasteiger partial charge is 0.377 e. The van der Waals surface area contributed by atoms with Gasteiger partial charge in [-0.05, 0) is 49.0 Å². The summed E-state index contributed by atoms with van der Waals surface area (Å²) in [4.78, 5) is 24.2. The van der Waals surface area contributed by atoms with Crippen LogP contribution in [0.1, 0.15) is 65.7 Å². The van der Waals surface area contributed by atoms with E-state index >= 15 is 0 Å². The summed E-state index contributed by atoms with van der Waals surface area (Å²) in [5, 5.41) is 0. The maximum Gasteiger partial charge on any atom is 0.159 e. The Kier molecular flexibility index (Phi) is 5.07. The van der Waals surface area contributed by atoms with Gasteiger partial charge in [0.2, 0.25) is 0 Å². The Labute approximate surface area is 151 Å². The van der Waals surface area contributed by atoms with Gasteiger partial charge in [0, 0.05) is 25.4 Å². The van der Waals surface area contributed by atoms with E-state index in [9.17, 15) is 9.59 Å². The Morgan fingerprint density at radius 1 is 1.32 bits per heavy atom. The topological polar surface area (TPSA) is 43.4 Å². The van der Waals surface area contributed by atoms with Crippen LogP contribution in [-0.4, -0.2) is 25.3 Å². The van der Waals surface area contributed by atoms with E-state index in [2.05, 4.69) is 26.8 Å². The fourth-order valence-corrected chi connectivity index (χ4v) is 5.93. The third-order valence-corrected chi connectivity index (χ3v) is 7.19. The number of carbonyl (C=O) groups is 2. The molecule has 0 spiro atoms. The molecule has 0 aromatic heterocycles. The monoisotopic (exact) mass is 344 g/mol. The quantitative estimate of drug-likeness (QED) is 0.681. The van der Waals surface area contributed by atoms with E-state index in [-0.39, 0.29) is 23.2 Å². The van der Waals surface area contributed by atoms with E-state index in [4.69, 9.17) is 4.74 Å². The molecule has 0 aromatic rings. The summed E-state index contributed by atoms with van der Waals surface area (Å²) in [6.45, 7) is 7.12. The number of Topliss-reactive ketones (excluding diaryl/α,β-unsaturated/α-hetero) is 1. The maximum absolute atomic E-state index is 12.3. The van der Waals surface area contributed by atoms with Gasteiger partial charge in [-0.25, -0.2) is 0 Å². The molecule has 0 bridgehead atoms. The molecular weight excluding hydrogens is 312 g/mol. The van der Waals surface area contributed by atoms with Crippen LogP contribution in [0.4, 0.5) is 0 Å². The Morgan fingerprint density at radius 2 is 2.08 bits per heavy atom. The number of methoxy groups -OCH3 is 1. The van der Waals surface area contributed by atoms with Crippen LogP contribution in [0.3, 0.4) is 0 Å². The van der Waals surface area contributed by atoms with Crippen LogP contribution in [-0.2, 0) is 14.3 Å². The molecule has 3 heteroatoms. The molecule has 0 heterocycles. The summed E-state index contributed by atoms with van der Waals surface area (Å²) < 4.78 is 5.06. The van der Waals surface area contributed by atoms with E-state index in [0.29, 0.717) is 30.5 Å². The number of ether oxygens (including phenoxy) is 1. The zero-order valence-corrected chi connectivity index (χ0v) is 16.2. The van der Waals surface area contributed by atoms with Gasteiger partial charge >= 0.3 is 0 Å². The second kappa shape index (κ2) is 6.83. The summed E-state index contributed by atoms with van der Waals surface area (Å²) in [5.41, 5.74) is 3.00. The number of fused-ring (bicyclic) bond motifs is 3. The normalized spacial score (nSPS) is 37.7. The van der Waals surface area contributed by atoms with Gasteiger partial charge in [-0.2, -0.15) is 0 Å². The molecule has 138 valence electrons. The zero-order valence-electron chi connectivity index (χ0n) is 16.2. The SMILES string of the molecule is CC[C@H]1[C@@H]2CCC3=CC(=O)CC[C@]3(C)C2=CC[C@]1(C)CC(=O)COC. The third kappa shape index (κ3) is 3.16. The Balaban J connectivity index is 1.93. The molecule has 1 saturated carbocycles. The van der Waals surface area contributed by atoms with E-state index in [1.54, 1.807) is 12.7 Å².